The van der Waals surface area contributed by atoms with Crippen molar-refractivity contribution < 1.29 is 23.7 Å². The Morgan fingerprint density at radius 2 is 1.70 bits per heavy atom. The first kappa shape index (κ1) is 19.8. The fourth-order valence-electron chi connectivity index (χ4n) is 4.67. The van der Waals surface area contributed by atoms with Crippen molar-refractivity contribution in [2.75, 3.05) is 27.4 Å². The normalized spacial score (nSPS) is 20.3. The number of hydrazone groups is 1. The second kappa shape index (κ2) is 7.92. The van der Waals surface area contributed by atoms with E-state index >= 15 is 0 Å². The highest BCUT2D eigenvalue weighted by atomic mass is 16.6. The van der Waals surface area contributed by atoms with E-state index in [1.54, 1.807) is 14.2 Å². The van der Waals surface area contributed by atoms with Crippen LogP contribution in [0, 0.1) is 0 Å². The van der Waals surface area contributed by atoms with E-state index in [-0.39, 0.29) is 6.04 Å². The number of benzene rings is 3. The maximum absolute atomic E-state index is 6.49. The molecule has 3 aliphatic heterocycles. The van der Waals surface area contributed by atoms with E-state index in [1.165, 1.54) is 0 Å². The summed E-state index contributed by atoms with van der Waals surface area (Å²) in [5.41, 5.74) is 3.97. The highest BCUT2D eigenvalue weighted by molar-refractivity contribution is 6.02. The molecule has 3 heterocycles. The summed E-state index contributed by atoms with van der Waals surface area (Å²) in [6.07, 6.45) is 0.299. The molecule has 7 nitrogen and oxygen atoms in total. The summed E-state index contributed by atoms with van der Waals surface area (Å²) in [5.74, 6) is 3.84. The van der Waals surface area contributed by atoms with E-state index < -0.39 is 6.23 Å². The van der Waals surface area contributed by atoms with Crippen LogP contribution in [0.15, 0.2) is 65.8 Å². The van der Waals surface area contributed by atoms with Crippen molar-refractivity contribution in [2.24, 2.45) is 5.10 Å². The van der Waals surface area contributed by atoms with E-state index in [9.17, 15) is 0 Å². The number of fused-ring (bicyclic) bond motifs is 4. The minimum absolute atomic E-state index is 0.0408. The van der Waals surface area contributed by atoms with Gasteiger partial charge >= 0.3 is 0 Å². The molecule has 0 spiro atoms. The summed E-state index contributed by atoms with van der Waals surface area (Å²) >= 11 is 0. The van der Waals surface area contributed by atoms with Crippen LogP contribution in [-0.2, 0) is 0 Å². The molecule has 3 aliphatic rings. The molecule has 2 unspecified atom stereocenters. The zero-order chi connectivity index (χ0) is 22.4. The highest BCUT2D eigenvalue weighted by Gasteiger charge is 2.42. The van der Waals surface area contributed by atoms with Crippen LogP contribution in [0.3, 0.4) is 0 Å². The van der Waals surface area contributed by atoms with Crippen molar-refractivity contribution in [2.45, 2.75) is 18.7 Å². The molecule has 0 fully saturated rings. The zero-order valence-corrected chi connectivity index (χ0v) is 18.5. The molecule has 0 bridgehead atoms. The Balaban J connectivity index is 1.44. The van der Waals surface area contributed by atoms with Crippen LogP contribution >= 0.6 is 0 Å². The van der Waals surface area contributed by atoms with Gasteiger partial charge in [0, 0.05) is 17.5 Å². The summed E-state index contributed by atoms with van der Waals surface area (Å²) in [6.45, 7) is 1.12. The second-order valence-electron chi connectivity index (χ2n) is 8.12. The third kappa shape index (κ3) is 3.31. The largest absolute Gasteiger partial charge is 0.497 e. The molecule has 2 atom stereocenters. The van der Waals surface area contributed by atoms with E-state index in [2.05, 4.69) is 6.07 Å². The van der Waals surface area contributed by atoms with E-state index in [4.69, 9.17) is 28.8 Å². The van der Waals surface area contributed by atoms with Gasteiger partial charge in [-0.1, -0.05) is 18.2 Å². The SMILES string of the molecule is COc1ccc(OC)c(C2Oc3ccccc3C3CC(c4ccc5c(c4)OCCO5)=NN32)c1. The molecule has 0 radical (unpaired) electrons. The van der Waals surface area contributed by atoms with Gasteiger partial charge in [0.05, 0.1) is 31.5 Å². The summed E-state index contributed by atoms with van der Waals surface area (Å²) in [4.78, 5) is 0. The lowest BCUT2D eigenvalue weighted by Crippen LogP contribution is -2.33. The van der Waals surface area contributed by atoms with E-state index in [0.29, 0.717) is 13.2 Å². The first-order chi connectivity index (χ1) is 16.2. The number of nitrogens with zero attached hydrogens (tertiary/aromatic N) is 2. The number of ether oxygens (including phenoxy) is 5. The molecular weight excluding hydrogens is 420 g/mol. The average Bonchev–Trinajstić information content (AvgIpc) is 3.33. The highest BCUT2D eigenvalue weighted by Crippen LogP contribution is 2.49. The number of para-hydroxylation sites is 1. The Morgan fingerprint density at radius 1 is 0.848 bits per heavy atom. The Hall–Kier alpha value is -3.87. The zero-order valence-electron chi connectivity index (χ0n) is 18.5. The van der Waals surface area contributed by atoms with Crippen molar-refractivity contribution in [1.82, 2.24) is 5.01 Å². The monoisotopic (exact) mass is 444 g/mol. The van der Waals surface area contributed by atoms with E-state index in [0.717, 1.165) is 57.6 Å². The minimum atomic E-state index is -0.454. The predicted molar refractivity (Wildman–Crippen MR) is 123 cm³/mol. The van der Waals surface area contributed by atoms with Crippen molar-refractivity contribution in [3.8, 4) is 28.7 Å². The standard InChI is InChI=1S/C26H24N2O5/c1-29-17-8-10-22(30-2)19(14-17)26-28-21(18-5-3-4-6-23(18)33-26)15-20(27-28)16-7-9-24-25(13-16)32-12-11-31-24/h3-10,13-14,21,26H,11-12,15H2,1-2H3. The maximum atomic E-state index is 6.49. The first-order valence-electron chi connectivity index (χ1n) is 11.0. The summed E-state index contributed by atoms with van der Waals surface area (Å²) in [7, 11) is 3.31. The van der Waals surface area contributed by atoms with Crippen LogP contribution in [0.2, 0.25) is 0 Å². The van der Waals surface area contributed by atoms with Gasteiger partial charge in [-0.3, -0.25) is 0 Å². The Kier molecular flexibility index (Phi) is 4.75. The van der Waals surface area contributed by atoms with Crippen LogP contribution < -0.4 is 23.7 Å². The van der Waals surface area contributed by atoms with Crippen molar-refractivity contribution in [1.29, 1.82) is 0 Å². The fourth-order valence-corrected chi connectivity index (χ4v) is 4.67. The fraction of sp³-hybridized carbons (Fsp3) is 0.269. The molecule has 7 heteroatoms. The lowest BCUT2D eigenvalue weighted by atomic mass is 9.95. The molecule has 0 saturated heterocycles. The van der Waals surface area contributed by atoms with Gasteiger partial charge in [-0.25, -0.2) is 5.01 Å². The third-order valence-corrected chi connectivity index (χ3v) is 6.28. The first-order valence-corrected chi connectivity index (χ1v) is 11.0. The smallest absolute Gasteiger partial charge is 0.217 e. The molecule has 3 aromatic rings. The minimum Gasteiger partial charge on any atom is -0.497 e. The molecule has 3 aromatic carbocycles. The molecule has 0 amide bonds. The molecule has 33 heavy (non-hydrogen) atoms. The topological polar surface area (TPSA) is 61.8 Å². The Bertz CT molecular complexity index is 1240. The number of hydrogen-bond acceptors (Lipinski definition) is 7. The van der Waals surface area contributed by atoms with Crippen LogP contribution in [0.25, 0.3) is 0 Å². The summed E-state index contributed by atoms with van der Waals surface area (Å²) < 4.78 is 29.1. The van der Waals surface area contributed by atoms with Gasteiger partial charge in [0.25, 0.3) is 0 Å². The van der Waals surface area contributed by atoms with Gasteiger partial charge in [0.1, 0.15) is 30.5 Å². The molecule has 168 valence electrons. The molecule has 0 aliphatic carbocycles. The van der Waals surface area contributed by atoms with Crippen molar-refractivity contribution >= 4 is 5.71 Å². The number of rotatable bonds is 4. The van der Waals surface area contributed by atoms with Crippen molar-refractivity contribution in [3.05, 3.63) is 77.4 Å². The molecule has 6 rings (SSSR count). The Morgan fingerprint density at radius 3 is 2.55 bits per heavy atom. The molecule has 0 N–H and O–H groups in total. The second-order valence-corrected chi connectivity index (χ2v) is 8.12. The lowest BCUT2D eigenvalue weighted by molar-refractivity contribution is -0.0204. The summed E-state index contributed by atoms with van der Waals surface area (Å²) in [6, 6.07) is 19.9. The van der Waals surface area contributed by atoms with Crippen molar-refractivity contribution in [3.63, 3.8) is 0 Å². The Labute approximate surface area is 192 Å². The van der Waals surface area contributed by atoms with E-state index in [1.807, 2.05) is 59.6 Å². The molecular formula is C26H24N2O5. The lowest BCUT2D eigenvalue weighted by Gasteiger charge is -2.38. The molecule has 0 aromatic heterocycles. The van der Waals surface area contributed by atoms with Gasteiger partial charge in [0.2, 0.25) is 6.23 Å². The van der Waals surface area contributed by atoms with Gasteiger partial charge in [-0.2, -0.15) is 5.10 Å². The number of hydrogen-bond donors (Lipinski definition) is 0. The average molecular weight is 444 g/mol. The third-order valence-electron chi connectivity index (χ3n) is 6.28. The quantitative estimate of drug-likeness (QED) is 0.581. The van der Waals surface area contributed by atoms with Crippen LogP contribution in [-0.4, -0.2) is 38.2 Å². The predicted octanol–water partition coefficient (Wildman–Crippen LogP) is 4.72. The van der Waals surface area contributed by atoms with Gasteiger partial charge < -0.3 is 23.7 Å². The van der Waals surface area contributed by atoms with Crippen LogP contribution in [0.1, 0.15) is 35.4 Å². The number of methoxy groups -OCH3 is 2. The van der Waals surface area contributed by atoms with Gasteiger partial charge in [-0.05, 0) is 42.5 Å². The maximum Gasteiger partial charge on any atom is 0.217 e. The van der Waals surface area contributed by atoms with Gasteiger partial charge in [-0.15, -0.1) is 0 Å². The summed E-state index contributed by atoms with van der Waals surface area (Å²) in [5, 5.41) is 7.08. The molecule has 0 saturated carbocycles. The van der Waals surface area contributed by atoms with Crippen LogP contribution in [0.5, 0.6) is 28.7 Å². The van der Waals surface area contributed by atoms with Gasteiger partial charge in [0.15, 0.2) is 11.5 Å². The van der Waals surface area contributed by atoms with Crippen LogP contribution in [0.4, 0.5) is 0 Å².